The lowest BCUT2D eigenvalue weighted by Crippen LogP contribution is -2.16. The molecule has 15 heavy (non-hydrogen) atoms. The molecule has 4 nitrogen and oxygen atoms in total. The molecule has 0 radical (unpaired) electrons. The number of oxime groups is 1. The molecule has 0 amide bonds. The molecule has 1 rings (SSSR count). The van der Waals surface area contributed by atoms with E-state index in [9.17, 15) is 0 Å². The summed E-state index contributed by atoms with van der Waals surface area (Å²) in [6.07, 6.45) is 0.489. The summed E-state index contributed by atoms with van der Waals surface area (Å²) in [5.74, 6) is 0.210. The van der Waals surface area contributed by atoms with Crippen molar-refractivity contribution in [3.8, 4) is 0 Å². The van der Waals surface area contributed by atoms with Crippen molar-refractivity contribution in [2.24, 2.45) is 10.9 Å². The summed E-state index contributed by atoms with van der Waals surface area (Å²) in [6, 6.07) is 5.63. The molecule has 0 aliphatic heterocycles. The van der Waals surface area contributed by atoms with E-state index in [2.05, 4.69) is 10.5 Å². The smallest absolute Gasteiger partial charge is 0.140 e. The van der Waals surface area contributed by atoms with Gasteiger partial charge in [0, 0.05) is 23.7 Å². The van der Waals surface area contributed by atoms with Crippen LogP contribution in [0.2, 0.25) is 5.02 Å². The predicted molar refractivity (Wildman–Crippen MR) is 62.7 cm³/mol. The van der Waals surface area contributed by atoms with Gasteiger partial charge >= 0.3 is 0 Å². The van der Waals surface area contributed by atoms with Crippen molar-refractivity contribution in [2.75, 3.05) is 11.9 Å². The molecule has 0 saturated carbocycles. The molecule has 0 aromatic heterocycles. The minimum absolute atomic E-state index is 0.210. The topological polar surface area (TPSA) is 70.6 Å². The molecule has 0 heterocycles. The molecule has 1 aromatic rings. The van der Waals surface area contributed by atoms with E-state index in [0.29, 0.717) is 18.0 Å². The van der Waals surface area contributed by atoms with Crippen molar-refractivity contribution in [1.82, 2.24) is 0 Å². The van der Waals surface area contributed by atoms with Gasteiger partial charge in [-0.25, -0.2) is 0 Å². The van der Waals surface area contributed by atoms with Gasteiger partial charge in [0.1, 0.15) is 5.84 Å². The van der Waals surface area contributed by atoms with Crippen molar-refractivity contribution in [2.45, 2.75) is 13.3 Å². The van der Waals surface area contributed by atoms with Crippen molar-refractivity contribution in [3.63, 3.8) is 0 Å². The number of anilines is 1. The quantitative estimate of drug-likeness (QED) is 0.320. The molecule has 0 atom stereocenters. The van der Waals surface area contributed by atoms with Crippen LogP contribution in [-0.4, -0.2) is 17.6 Å². The third kappa shape index (κ3) is 3.67. The molecule has 0 aliphatic rings. The monoisotopic (exact) mass is 227 g/mol. The van der Waals surface area contributed by atoms with E-state index < -0.39 is 0 Å². The minimum Gasteiger partial charge on any atom is -0.409 e. The Balaban J connectivity index is 2.54. The van der Waals surface area contributed by atoms with E-state index in [-0.39, 0.29) is 5.84 Å². The number of rotatable bonds is 4. The number of benzene rings is 1. The van der Waals surface area contributed by atoms with Crippen molar-refractivity contribution >= 4 is 23.1 Å². The first kappa shape index (κ1) is 11.7. The zero-order valence-corrected chi connectivity index (χ0v) is 9.25. The van der Waals surface area contributed by atoms with Gasteiger partial charge in [0.15, 0.2) is 0 Å². The van der Waals surface area contributed by atoms with Gasteiger partial charge in [-0.15, -0.1) is 0 Å². The van der Waals surface area contributed by atoms with Gasteiger partial charge in [-0.2, -0.15) is 0 Å². The fourth-order valence-electron chi connectivity index (χ4n) is 1.16. The van der Waals surface area contributed by atoms with Crippen molar-refractivity contribution in [3.05, 3.63) is 28.8 Å². The molecule has 0 saturated heterocycles. The van der Waals surface area contributed by atoms with Crippen LogP contribution < -0.4 is 11.1 Å². The molecule has 0 fully saturated rings. The number of halogens is 1. The van der Waals surface area contributed by atoms with Crippen LogP contribution >= 0.6 is 11.6 Å². The summed E-state index contributed by atoms with van der Waals surface area (Å²) in [4.78, 5) is 0. The van der Waals surface area contributed by atoms with E-state index in [0.717, 1.165) is 11.3 Å². The summed E-state index contributed by atoms with van der Waals surface area (Å²) >= 11 is 5.86. The average molecular weight is 228 g/mol. The Morgan fingerprint density at radius 1 is 1.60 bits per heavy atom. The second kappa shape index (κ2) is 5.46. The van der Waals surface area contributed by atoms with Crippen LogP contribution in [0, 0.1) is 6.92 Å². The van der Waals surface area contributed by atoms with E-state index in [1.807, 2.05) is 25.1 Å². The molecule has 0 bridgehead atoms. The molecule has 4 N–H and O–H groups in total. The van der Waals surface area contributed by atoms with Gasteiger partial charge < -0.3 is 16.3 Å². The summed E-state index contributed by atoms with van der Waals surface area (Å²) < 4.78 is 0. The van der Waals surface area contributed by atoms with Crippen molar-refractivity contribution in [1.29, 1.82) is 0 Å². The maximum absolute atomic E-state index is 8.34. The second-order valence-electron chi connectivity index (χ2n) is 3.23. The summed E-state index contributed by atoms with van der Waals surface area (Å²) in [6.45, 7) is 2.60. The van der Waals surface area contributed by atoms with Gasteiger partial charge in [0.25, 0.3) is 0 Å². The highest BCUT2D eigenvalue weighted by molar-refractivity contribution is 6.30. The molecule has 82 valence electrons. The zero-order valence-electron chi connectivity index (χ0n) is 8.50. The Kier molecular flexibility index (Phi) is 4.24. The van der Waals surface area contributed by atoms with E-state index in [4.69, 9.17) is 22.5 Å². The van der Waals surface area contributed by atoms with E-state index in [1.54, 1.807) is 0 Å². The van der Waals surface area contributed by atoms with Crippen LogP contribution in [0.25, 0.3) is 0 Å². The van der Waals surface area contributed by atoms with Gasteiger partial charge in [-0.3, -0.25) is 0 Å². The zero-order chi connectivity index (χ0) is 11.3. The third-order valence-electron chi connectivity index (χ3n) is 2.02. The summed E-state index contributed by atoms with van der Waals surface area (Å²) in [5, 5.41) is 15.1. The SMILES string of the molecule is Cc1ccc(Cl)cc1NCCC(N)=NO. The van der Waals surface area contributed by atoms with Crippen LogP contribution in [0.4, 0.5) is 5.69 Å². The second-order valence-corrected chi connectivity index (χ2v) is 3.66. The number of amidine groups is 1. The predicted octanol–water partition coefficient (Wildman–Crippen LogP) is 2.20. The Hall–Kier alpha value is -1.42. The summed E-state index contributed by atoms with van der Waals surface area (Å²) in [5.41, 5.74) is 7.42. The first-order valence-corrected chi connectivity index (χ1v) is 4.97. The number of hydrogen-bond acceptors (Lipinski definition) is 3. The van der Waals surface area contributed by atoms with Crippen LogP contribution in [0.5, 0.6) is 0 Å². The highest BCUT2D eigenvalue weighted by Gasteiger charge is 1.99. The Morgan fingerprint density at radius 3 is 3.00 bits per heavy atom. The van der Waals surface area contributed by atoms with Crippen LogP contribution in [0.15, 0.2) is 23.4 Å². The lowest BCUT2D eigenvalue weighted by Gasteiger charge is -2.09. The van der Waals surface area contributed by atoms with Crippen LogP contribution in [-0.2, 0) is 0 Å². The standard InChI is InChI=1S/C10H14ClN3O/c1-7-2-3-8(11)6-9(7)13-5-4-10(12)14-15/h2-3,6,13,15H,4-5H2,1H3,(H2,12,14). The molecule has 1 aromatic carbocycles. The van der Waals surface area contributed by atoms with Gasteiger partial charge in [0.2, 0.25) is 0 Å². The van der Waals surface area contributed by atoms with Gasteiger partial charge in [-0.05, 0) is 24.6 Å². The molecular weight excluding hydrogens is 214 g/mol. The molecule has 5 heteroatoms. The first-order chi connectivity index (χ1) is 7.13. The Morgan fingerprint density at radius 2 is 2.33 bits per heavy atom. The maximum atomic E-state index is 8.34. The lowest BCUT2D eigenvalue weighted by atomic mass is 10.2. The lowest BCUT2D eigenvalue weighted by molar-refractivity contribution is 0.317. The summed E-state index contributed by atoms with van der Waals surface area (Å²) in [7, 11) is 0. The van der Waals surface area contributed by atoms with Crippen molar-refractivity contribution < 1.29 is 5.21 Å². The minimum atomic E-state index is 0.210. The third-order valence-corrected chi connectivity index (χ3v) is 2.26. The first-order valence-electron chi connectivity index (χ1n) is 4.60. The van der Waals surface area contributed by atoms with Crippen LogP contribution in [0.3, 0.4) is 0 Å². The highest BCUT2D eigenvalue weighted by Crippen LogP contribution is 2.19. The van der Waals surface area contributed by atoms with E-state index >= 15 is 0 Å². The fourth-order valence-corrected chi connectivity index (χ4v) is 1.33. The van der Waals surface area contributed by atoms with E-state index in [1.165, 1.54) is 0 Å². The maximum Gasteiger partial charge on any atom is 0.140 e. The largest absolute Gasteiger partial charge is 0.409 e. The average Bonchev–Trinajstić information content (AvgIpc) is 2.23. The number of aryl methyl sites for hydroxylation is 1. The number of hydrogen-bond donors (Lipinski definition) is 3. The fraction of sp³-hybridized carbons (Fsp3) is 0.300. The number of nitrogens with two attached hydrogens (primary N) is 1. The van der Waals surface area contributed by atoms with Gasteiger partial charge in [-0.1, -0.05) is 22.8 Å². The Bertz CT molecular complexity index is 366. The number of nitrogens with zero attached hydrogens (tertiary/aromatic N) is 1. The Labute approximate surface area is 93.7 Å². The van der Waals surface area contributed by atoms with Crippen LogP contribution in [0.1, 0.15) is 12.0 Å². The highest BCUT2D eigenvalue weighted by atomic mass is 35.5. The molecular formula is C10H14ClN3O. The normalized spacial score (nSPS) is 11.5. The molecule has 0 unspecified atom stereocenters. The molecule has 0 spiro atoms. The van der Waals surface area contributed by atoms with Gasteiger partial charge in [0.05, 0.1) is 0 Å². The molecule has 0 aliphatic carbocycles. The number of nitrogens with one attached hydrogen (secondary N) is 1.